The van der Waals surface area contributed by atoms with Crippen LogP contribution in [0.5, 0.6) is 0 Å². The van der Waals surface area contributed by atoms with E-state index in [0.717, 1.165) is 6.29 Å². The van der Waals surface area contributed by atoms with E-state index < -0.39 is 0 Å². The largest absolute Gasteiger partial charge is 0.342 e. The van der Waals surface area contributed by atoms with E-state index in [4.69, 9.17) is 0 Å². The van der Waals surface area contributed by atoms with Crippen molar-refractivity contribution >= 4 is 12.2 Å². The van der Waals surface area contributed by atoms with Crippen LogP contribution in [0.15, 0.2) is 0 Å². The molecule has 0 aromatic heterocycles. The van der Waals surface area contributed by atoms with Crippen molar-refractivity contribution in [2.75, 3.05) is 7.05 Å². The molecule has 0 rings (SSSR count). The Kier molecular flexibility index (Phi) is 4.30. The molecule has 0 aromatic carbocycles. The number of carbonyl (C=O) groups is 2. The molecule has 0 unspecified atom stereocenters. The molecule has 0 saturated heterocycles. The van der Waals surface area contributed by atoms with Crippen LogP contribution in [0.3, 0.4) is 0 Å². The Morgan fingerprint density at radius 2 is 1.79 bits per heavy atom. The third-order valence-electron chi connectivity index (χ3n) is 2.51. The summed E-state index contributed by atoms with van der Waals surface area (Å²) in [7, 11) is 1.75. The van der Waals surface area contributed by atoms with E-state index in [1.807, 2.05) is 27.7 Å². The first kappa shape index (κ1) is 13.1. The first-order chi connectivity index (χ1) is 6.21. The molecular weight excluding hydrogens is 178 g/mol. The summed E-state index contributed by atoms with van der Waals surface area (Å²) >= 11 is 0. The zero-order valence-electron chi connectivity index (χ0n) is 10.00. The first-order valence-corrected chi connectivity index (χ1v) is 4.90. The van der Waals surface area contributed by atoms with Crippen LogP contribution in [0.25, 0.3) is 0 Å². The Morgan fingerprint density at radius 1 is 1.36 bits per heavy atom. The van der Waals surface area contributed by atoms with E-state index in [-0.39, 0.29) is 23.3 Å². The summed E-state index contributed by atoms with van der Waals surface area (Å²) in [5.41, 5.74) is -0.0826. The van der Waals surface area contributed by atoms with Crippen LogP contribution in [0.4, 0.5) is 0 Å². The normalized spacial score (nSPS) is 15.9. The average Bonchev–Trinajstić information content (AvgIpc) is 2.01. The zero-order valence-corrected chi connectivity index (χ0v) is 10.00. The number of carbonyl (C=O) groups excluding carboxylic acids is 2. The minimum absolute atomic E-state index is 0.00127. The van der Waals surface area contributed by atoms with Crippen molar-refractivity contribution in [3.05, 3.63) is 0 Å². The molecule has 1 amide bonds. The molecule has 0 aliphatic rings. The van der Waals surface area contributed by atoms with E-state index in [2.05, 4.69) is 0 Å². The van der Waals surface area contributed by atoms with E-state index in [1.54, 1.807) is 11.9 Å². The van der Waals surface area contributed by atoms with Gasteiger partial charge in [0.25, 0.3) is 0 Å². The van der Waals surface area contributed by atoms with Crippen molar-refractivity contribution in [1.82, 2.24) is 4.90 Å². The fourth-order valence-corrected chi connectivity index (χ4v) is 1.99. The average molecular weight is 199 g/mol. The maximum absolute atomic E-state index is 11.3. The molecule has 2 atom stereocenters. The summed E-state index contributed by atoms with van der Waals surface area (Å²) < 4.78 is 0. The molecule has 0 fully saturated rings. The third kappa shape index (κ3) is 3.13. The lowest BCUT2D eigenvalue weighted by Gasteiger charge is -2.39. The van der Waals surface area contributed by atoms with Gasteiger partial charge in [-0.3, -0.25) is 4.79 Å². The molecule has 0 heterocycles. The highest BCUT2D eigenvalue weighted by atomic mass is 16.2. The van der Waals surface area contributed by atoms with E-state index in [0.29, 0.717) is 0 Å². The monoisotopic (exact) mass is 199 g/mol. The van der Waals surface area contributed by atoms with E-state index in [1.165, 1.54) is 6.92 Å². The topological polar surface area (TPSA) is 37.4 Å². The minimum Gasteiger partial charge on any atom is -0.342 e. The molecule has 0 aliphatic carbocycles. The third-order valence-corrected chi connectivity index (χ3v) is 2.51. The standard InChI is InChI=1S/C11H21NO2/c1-8(7-13)10(11(3,4)5)12(6)9(2)14/h7-8,10H,1-6H3/t8-,10-/m0/s1. The van der Waals surface area contributed by atoms with Crippen LogP contribution < -0.4 is 0 Å². The summed E-state index contributed by atoms with van der Waals surface area (Å²) in [4.78, 5) is 23.7. The van der Waals surface area contributed by atoms with Gasteiger partial charge in [-0.1, -0.05) is 27.7 Å². The number of aldehydes is 1. The summed E-state index contributed by atoms with van der Waals surface area (Å²) in [6, 6.07) is -0.0440. The van der Waals surface area contributed by atoms with Crippen LogP contribution >= 0.6 is 0 Å². The van der Waals surface area contributed by atoms with Crippen molar-refractivity contribution in [1.29, 1.82) is 0 Å². The van der Waals surface area contributed by atoms with Gasteiger partial charge in [-0.25, -0.2) is 0 Å². The summed E-state index contributed by atoms with van der Waals surface area (Å²) in [6.07, 6.45) is 0.912. The van der Waals surface area contributed by atoms with Gasteiger partial charge in [-0.15, -0.1) is 0 Å². The summed E-state index contributed by atoms with van der Waals surface area (Å²) in [6.45, 7) is 9.49. The second-order valence-electron chi connectivity index (χ2n) is 4.94. The van der Waals surface area contributed by atoms with Gasteiger partial charge in [-0.2, -0.15) is 0 Å². The zero-order chi connectivity index (χ0) is 11.5. The van der Waals surface area contributed by atoms with Crippen molar-refractivity contribution in [2.24, 2.45) is 11.3 Å². The number of rotatable bonds is 3. The molecule has 14 heavy (non-hydrogen) atoms. The van der Waals surface area contributed by atoms with Crippen LogP contribution in [0.2, 0.25) is 0 Å². The SMILES string of the molecule is CC(=O)N(C)[C@@H]([C@@H](C)C=O)C(C)(C)C. The molecule has 0 radical (unpaired) electrons. The van der Waals surface area contributed by atoms with Crippen molar-refractivity contribution in [3.63, 3.8) is 0 Å². The fourth-order valence-electron chi connectivity index (χ4n) is 1.99. The molecule has 0 bridgehead atoms. The van der Waals surface area contributed by atoms with Crippen LogP contribution in [0.1, 0.15) is 34.6 Å². The maximum atomic E-state index is 11.3. The number of hydrogen-bond donors (Lipinski definition) is 0. The van der Waals surface area contributed by atoms with Gasteiger partial charge in [0.1, 0.15) is 6.29 Å². The van der Waals surface area contributed by atoms with E-state index in [9.17, 15) is 9.59 Å². The number of amides is 1. The van der Waals surface area contributed by atoms with Crippen molar-refractivity contribution in [3.8, 4) is 0 Å². The van der Waals surface area contributed by atoms with Gasteiger partial charge in [0.2, 0.25) is 5.91 Å². The van der Waals surface area contributed by atoms with Gasteiger partial charge < -0.3 is 9.69 Å². The van der Waals surface area contributed by atoms with Crippen LogP contribution in [-0.4, -0.2) is 30.2 Å². The quantitative estimate of drug-likeness (QED) is 0.649. The molecule has 0 spiro atoms. The Bertz CT molecular complexity index is 218. The fraction of sp³-hybridized carbons (Fsp3) is 0.818. The Balaban J connectivity index is 4.91. The van der Waals surface area contributed by atoms with Gasteiger partial charge in [-0.05, 0) is 5.41 Å². The first-order valence-electron chi connectivity index (χ1n) is 4.90. The highest BCUT2D eigenvalue weighted by molar-refractivity contribution is 5.74. The predicted molar refractivity (Wildman–Crippen MR) is 56.9 cm³/mol. The second-order valence-corrected chi connectivity index (χ2v) is 4.94. The predicted octanol–water partition coefficient (Wildman–Crippen LogP) is 1.71. The smallest absolute Gasteiger partial charge is 0.219 e. The molecule has 0 aliphatic heterocycles. The lowest BCUT2D eigenvalue weighted by atomic mass is 9.79. The Hall–Kier alpha value is -0.860. The van der Waals surface area contributed by atoms with Crippen molar-refractivity contribution in [2.45, 2.75) is 40.7 Å². The molecule has 0 saturated carbocycles. The number of hydrogen-bond acceptors (Lipinski definition) is 2. The van der Waals surface area contributed by atoms with Gasteiger partial charge in [0, 0.05) is 25.9 Å². The minimum atomic E-state index is -0.135. The van der Waals surface area contributed by atoms with Crippen LogP contribution in [-0.2, 0) is 9.59 Å². The maximum Gasteiger partial charge on any atom is 0.219 e. The lowest BCUT2D eigenvalue weighted by Crippen LogP contribution is -2.48. The highest BCUT2D eigenvalue weighted by Gasteiger charge is 2.34. The highest BCUT2D eigenvalue weighted by Crippen LogP contribution is 2.28. The lowest BCUT2D eigenvalue weighted by molar-refractivity contribution is -0.134. The summed E-state index contributed by atoms with van der Waals surface area (Å²) in [5.74, 6) is -0.137. The Labute approximate surface area is 86.5 Å². The number of nitrogens with zero attached hydrogens (tertiary/aromatic N) is 1. The molecule has 0 aromatic rings. The summed E-state index contributed by atoms with van der Waals surface area (Å²) in [5, 5.41) is 0. The molecule has 3 nitrogen and oxygen atoms in total. The van der Waals surface area contributed by atoms with Crippen molar-refractivity contribution < 1.29 is 9.59 Å². The molecule has 3 heteroatoms. The molecular formula is C11H21NO2. The molecule has 0 N–H and O–H groups in total. The Morgan fingerprint density at radius 3 is 2.00 bits per heavy atom. The van der Waals surface area contributed by atoms with Gasteiger partial charge in [0.15, 0.2) is 0 Å². The van der Waals surface area contributed by atoms with Crippen LogP contribution in [0, 0.1) is 11.3 Å². The van der Waals surface area contributed by atoms with Gasteiger partial charge >= 0.3 is 0 Å². The van der Waals surface area contributed by atoms with E-state index >= 15 is 0 Å². The molecule has 82 valence electrons. The van der Waals surface area contributed by atoms with Gasteiger partial charge in [0.05, 0.1) is 0 Å². The second kappa shape index (κ2) is 4.58.